The highest BCUT2D eigenvalue weighted by atomic mass is 19.1. The third-order valence-electron chi connectivity index (χ3n) is 2.65. The zero-order chi connectivity index (χ0) is 15.3. The van der Waals surface area contributed by atoms with E-state index < -0.39 is 28.3 Å². The normalized spacial score (nSPS) is 10.1. The van der Waals surface area contributed by atoms with Crippen LogP contribution in [0.15, 0.2) is 18.2 Å². The van der Waals surface area contributed by atoms with Crippen molar-refractivity contribution in [2.45, 2.75) is 13.3 Å². The molecule has 0 unspecified atom stereocenters. The van der Waals surface area contributed by atoms with Crippen LogP contribution in [0.5, 0.6) is 0 Å². The molecule has 0 saturated carbocycles. The van der Waals surface area contributed by atoms with Crippen molar-refractivity contribution in [3.8, 4) is 0 Å². The molecule has 0 saturated heterocycles. The molecule has 1 amide bonds. The standard InChI is InChI=1S/C12H13FN2O5/c1-2-14(6-5-11(16)17)12(18)9-7-8(13)3-4-10(9)15(19)20/h3-4,7H,2,5-6H2,1H3,(H,16,17). The van der Waals surface area contributed by atoms with E-state index in [9.17, 15) is 24.1 Å². The summed E-state index contributed by atoms with van der Waals surface area (Å²) in [7, 11) is 0. The molecule has 0 aliphatic heterocycles. The van der Waals surface area contributed by atoms with Crippen LogP contribution < -0.4 is 0 Å². The van der Waals surface area contributed by atoms with Crippen molar-refractivity contribution in [3.63, 3.8) is 0 Å². The molecule has 20 heavy (non-hydrogen) atoms. The maximum Gasteiger partial charge on any atom is 0.305 e. The number of benzene rings is 1. The molecule has 1 aromatic carbocycles. The molecule has 1 rings (SSSR count). The molecule has 0 aliphatic rings. The van der Waals surface area contributed by atoms with Gasteiger partial charge in [-0.3, -0.25) is 19.7 Å². The summed E-state index contributed by atoms with van der Waals surface area (Å²) in [5.74, 6) is -2.63. The maximum absolute atomic E-state index is 13.2. The van der Waals surface area contributed by atoms with Gasteiger partial charge in [0, 0.05) is 19.2 Å². The molecule has 1 N–H and O–H groups in total. The van der Waals surface area contributed by atoms with Crippen molar-refractivity contribution in [2.24, 2.45) is 0 Å². The molecular formula is C12H13FN2O5. The average molecular weight is 284 g/mol. The number of aliphatic carboxylic acids is 1. The van der Waals surface area contributed by atoms with E-state index in [0.29, 0.717) is 0 Å². The van der Waals surface area contributed by atoms with E-state index in [2.05, 4.69) is 0 Å². The number of hydrogen-bond donors (Lipinski definition) is 1. The van der Waals surface area contributed by atoms with Gasteiger partial charge in [-0.2, -0.15) is 0 Å². The molecule has 7 nitrogen and oxygen atoms in total. The van der Waals surface area contributed by atoms with Gasteiger partial charge in [0.15, 0.2) is 0 Å². The predicted molar refractivity (Wildman–Crippen MR) is 66.9 cm³/mol. The van der Waals surface area contributed by atoms with Gasteiger partial charge in [-0.1, -0.05) is 0 Å². The largest absolute Gasteiger partial charge is 0.481 e. The van der Waals surface area contributed by atoms with Crippen molar-refractivity contribution in [1.29, 1.82) is 0 Å². The SMILES string of the molecule is CCN(CCC(=O)O)C(=O)c1cc(F)ccc1[N+](=O)[O-]. The van der Waals surface area contributed by atoms with Crippen molar-refractivity contribution >= 4 is 17.6 Å². The first-order valence-electron chi connectivity index (χ1n) is 5.81. The molecule has 0 atom stereocenters. The first-order chi connectivity index (χ1) is 9.36. The van der Waals surface area contributed by atoms with E-state index in [1.165, 1.54) is 0 Å². The van der Waals surface area contributed by atoms with Gasteiger partial charge in [0.05, 0.1) is 11.3 Å². The maximum atomic E-state index is 13.2. The number of halogens is 1. The van der Waals surface area contributed by atoms with Gasteiger partial charge >= 0.3 is 5.97 Å². The molecule has 0 fully saturated rings. The number of carboxylic acid groups (broad SMARTS) is 1. The monoisotopic (exact) mass is 284 g/mol. The fraction of sp³-hybridized carbons (Fsp3) is 0.333. The molecule has 0 bridgehead atoms. The van der Waals surface area contributed by atoms with Gasteiger partial charge in [-0.15, -0.1) is 0 Å². The Balaban J connectivity index is 3.08. The van der Waals surface area contributed by atoms with Crippen LogP contribution in [0, 0.1) is 15.9 Å². The lowest BCUT2D eigenvalue weighted by molar-refractivity contribution is -0.385. The molecule has 0 radical (unpaired) electrons. The van der Waals surface area contributed by atoms with Crippen molar-refractivity contribution < 1.29 is 24.0 Å². The van der Waals surface area contributed by atoms with E-state index in [4.69, 9.17) is 5.11 Å². The van der Waals surface area contributed by atoms with Crippen LogP contribution in [0.1, 0.15) is 23.7 Å². The second-order valence-corrected chi connectivity index (χ2v) is 3.95. The van der Waals surface area contributed by atoms with Crippen LogP contribution in [0.4, 0.5) is 10.1 Å². The molecule has 0 aliphatic carbocycles. The fourth-order valence-corrected chi connectivity index (χ4v) is 1.64. The highest BCUT2D eigenvalue weighted by Crippen LogP contribution is 2.21. The summed E-state index contributed by atoms with van der Waals surface area (Å²) in [6.07, 6.45) is -0.289. The van der Waals surface area contributed by atoms with E-state index in [1.807, 2.05) is 0 Å². The number of rotatable bonds is 6. The molecule has 108 valence electrons. The summed E-state index contributed by atoms with van der Waals surface area (Å²) >= 11 is 0. The van der Waals surface area contributed by atoms with Crippen molar-refractivity contribution in [2.75, 3.05) is 13.1 Å². The minimum atomic E-state index is -1.09. The summed E-state index contributed by atoms with van der Waals surface area (Å²) in [6, 6.07) is 2.58. The third-order valence-corrected chi connectivity index (χ3v) is 2.65. The first-order valence-corrected chi connectivity index (χ1v) is 5.81. The number of nitrogens with zero attached hydrogens (tertiary/aromatic N) is 2. The Morgan fingerprint density at radius 2 is 2.10 bits per heavy atom. The Morgan fingerprint density at radius 1 is 1.45 bits per heavy atom. The highest BCUT2D eigenvalue weighted by Gasteiger charge is 2.24. The number of carboxylic acids is 1. The second kappa shape index (κ2) is 6.60. The van der Waals surface area contributed by atoms with Crippen molar-refractivity contribution in [1.82, 2.24) is 4.90 Å². The van der Waals surface area contributed by atoms with Crippen LogP contribution in [0.2, 0.25) is 0 Å². The third kappa shape index (κ3) is 3.74. The van der Waals surface area contributed by atoms with Crippen LogP contribution >= 0.6 is 0 Å². The number of carbonyl (C=O) groups is 2. The molecule has 1 aromatic rings. The Labute approximate surface area is 113 Å². The number of carbonyl (C=O) groups excluding carboxylic acids is 1. The number of amides is 1. The first kappa shape index (κ1) is 15.5. The summed E-state index contributed by atoms with van der Waals surface area (Å²) in [5.41, 5.74) is -0.896. The minimum Gasteiger partial charge on any atom is -0.481 e. The van der Waals surface area contributed by atoms with Gasteiger partial charge in [0.25, 0.3) is 11.6 Å². The lowest BCUT2D eigenvalue weighted by Gasteiger charge is -2.19. The summed E-state index contributed by atoms with van der Waals surface area (Å²) in [4.78, 5) is 33.8. The van der Waals surface area contributed by atoms with Gasteiger partial charge in [0.1, 0.15) is 11.4 Å². The van der Waals surface area contributed by atoms with Gasteiger partial charge in [-0.25, -0.2) is 4.39 Å². The number of hydrogen-bond acceptors (Lipinski definition) is 4. The summed E-state index contributed by atoms with van der Waals surface area (Å²) < 4.78 is 13.2. The number of nitro benzene ring substituents is 1. The molecular weight excluding hydrogens is 271 g/mol. The lowest BCUT2D eigenvalue weighted by Crippen LogP contribution is -2.33. The topological polar surface area (TPSA) is 101 Å². The van der Waals surface area contributed by atoms with Crippen LogP contribution in [-0.4, -0.2) is 39.9 Å². The molecule has 0 aromatic heterocycles. The van der Waals surface area contributed by atoms with Gasteiger partial charge in [-0.05, 0) is 19.1 Å². The zero-order valence-electron chi connectivity index (χ0n) is 10.7. The van der Waals surface area contributed by atoms with Gasteiger partial charge < -0.3 is 10.0 Å². The fourth-order valence-electron chi connectivity index (χ4n) is 1.64. The predicted octanol–water partition coefficient (Wildman–Crippen LogP) is 1.67. The van der Waals surface area contributed by atoms with Crippen LogP contribution in [0.3, 0.4) is 0 Å². The Kier molecular flexibility index (Phi) is 5.13. The smallest absolute Gasteiger partial charge is 0.305 e. The second-order valence-electron chi connectivity index (χ2n) is 3.95. The Hall–Kier alpha value is -2.51. The van der Waals surface area contributed by atoms with Crippen molar-refractivity contribution in [3.05, 3.63) is 39.7 Å². The van der Waals surface area contributed by atoms with E-state index >= 15 is 0 Å². The molecule has 8 heteroatoms. The quantitative estimate of drug-likeness (QED) is 0.632. The Bertz CT molecular complexity index is 547. The summed E-state index contributed by atoms with van der Waals surface area (Å²) in [6.45, 7) is 1.67. The number of nitro groups is 1. The summed E-state index contributed by atoms with van der Waals surface area (Å²) in [5, 5.41) is 19.4. The van der Waals surface area contributed by atoms with Crippen LogP contribution in [-0.2, 0) is 4.79 Å². The Morgan fingerprint density at radius 3 is 2.60 bits per heavy atom. The molecule has 0 spiro atoms. The van der Waals surface area contributed by atoms with E-state index in [0.717, 1.165) is 23.1 Å². The minimum absolute atomic E-state index is 0.0989. The van der Waals surface area contributed by atoms with E-state index in [1.54, 1.807) is 6.92 Å². The molecule has 0 heterocycles. The van der Waals surface area contributed by atoms with Crippen LogP contribution in [0.25, 0.3) is 0 Å². The van der Waals surface area contributed by atoms with E-state index in [-0.39, 0.29) is 25.1 Å². The average Bonchev–Trinajstić information content (AvgIpc) is 2.38. The lowest BCUT2D eigenvalue weighted by atomic mass is 10.1. The van der Waals surface area contributed by atoms with Gasteiger partial charge in [0.2, 0.25) is 0 Å². The highest BCUT2D eigenvalue weighted by molar-refractivity contribution is 5.98. The zero-order valence-corrected chi connectivity index (χ0v) is 10.7.